The minimum atomic E-state index is 0.622. The molecule has 1 aromatic heterocycles. The zero-order valence-electron chi connectivity index (χ0n) is 17.1. The van der Waals surface area contributed by atoms with Gasteiger partial charge in [-0.15, -0.1) is 0 Å². The molecule has 1 saturated heterocycles. The number of tetrazole rings is 1. The quantitative estimate of drug-likeness (QED) is 0.602. The lowest BCUT2D eigenvalue weighted by Gasteiger charge is -2.35. The Morgan fingerprint density at radius 3 is 2.38 bits per heavy atom. The van der Waals surface area contributed by atoms with Crippen LogP contribution in [0.25, 0.3) is 5.69 Å². The summed E-state index contributed by atoms with van der Waals surface area (Å²) in [5.41, 5.74) is 4.60. The van der Waals surface area contributed by atoms with Crippen molar-refractivity contribution in [3.63, 3.8) is 0 Å². The molecular weight excluding hydrogens is 384 g/mol. The first-order valence-electron chi connectivity index (χ1n) is 9.77. The average Bonchev–Trinajstić information content (AvgIpc) is 3.11. The predicted molar refractivity (Wildman–Crippen MR) is 116 cm³/mol. The SMILES string of the molecule is COc1ccc(N2CCN(Cn3nnn(-c4cccc(C)c4C)c3=S)CC2)cc1. The van der Waals surface area contributed by atoms with Gasteiger partial charge in [0, 0.05) is 31.9 Å². The van der Waals surface area contributed by atoms with Crippen molar-refractivity contribution >= 4 is 17.9 Å². The summed E-state index contributed by atoms with van der Waals surface area (Å²) in [6, 6.07) is 14.4. The first kappa shape index (κ1) is 19.6. The molecule has 0 N–H and O–H groups in total. The van der Waals surface area contributed by atoms with Gasteiger partial charge in [0.1, 0.15) is 5.75 Å². The molecule has 1 aliphatic rings. The van der Waals surface area contributed by atoms with Crippen LogP contribution in [0.2, 0.25) is 0 Å². The van der Waals surface area contributed by atoms with E-state index in [0.717, 1.165) is 37.6 Å². The fraction of sp³-hybridized carbons (Fsp3) is 0.381. The Balaban J connectivity index is 1.42. The molecule has 1 fully saturated rings. The van der Waals surface area contributed by atoms with Gasteiger partial charge in [0.2, 0.25) is 4.77 Å². The normalized spacial score (nSPS) is 14.9. The number of hydrogen-bond donors (Lipinski definition) is 0. The Kier molecular flexibility index (Phi) is 5.64. The maximum absolute atomic E-state index is 5.65. The van der Waals surface area contributed by atoms with Crippen LogP contribution < -0.4 is 9.64 Å². The topological polar surface area (TPSA) is 51.4 Å². The largest absolute Gasteiger partial charge is 0.497 e. The lowest BCUT2D eigenvalue weighted by atomic mass is 10.1. The van der Waals surface area contributed by atoms with Crippen molar-refractivity contribution in [1.29, 1.82) is 0 Å². The van der Waals surface area contributed by atoms with E-state index in [0.29, 0.717) is 11.4 Å². The van der Waals surface area contributed by atoms with E-state index >= 15 is 0 Å². The molecule has 2 aromatic carbocycles. The van der Waals surface area contributed by atoms with Crippen LogP contribution in [0.1, 0.15) is 11.1 Å². The predicted octanol–water partition coefficient (Wildman–Crippen LogP) is 3.20. The number of ether oxygens (including phenoxy) is 1. The fourth-order valence-electron chi connectivity index (χ4n) is 3.61. The molecule has 8 heteroatoms. The molecule has 0 aliphatic carbocycles. The summed E-state index contributed by atoms with van der Waals surface area (Å²) in [4.78, 5) is 4.75. The molecule has 1 aliphatic heterocycles. The van der Waals surface area contributed by atoms with Gasteiger partial charge in [0.25, 0.3) is 0 Å². The summed E-state index contributed by atoms with van der Waals surface area (Å²) in [5, 5.41) is 8.62. The van der Waals surface area contributed by atoms with E-state index in [-0.39, 0.29) is 0 Å². The Labute approximate surface area is 176 Å². The van der Waals surface area contributed by atoms with Crippen LogP contribution in [0.5, 0.6) is 5.75 Å². The van der Waals surface area contributed by atoms with Gasteiger partial charge in [-0.2, -0.15) is 4.68 Å². The second-order valence-corrected chi connectivity index (χ2v) is 7.70. The van der Waals surface area contributed by atoms with E-state index in [2.05, 4.69) is 52.3 Å². The van der Waals surface area contributed by atoms with Gasteiger partial charge < -0.3 is 9.64 Å². The number of hydrogen-bond acceptors (Lipinski definition) is 6. The molecule has 0 radical (unpaired) electrons. The van der Waals surface area contributed by atoms with E-state index in [1.165, 1.54) is 16.8 Å². The summed E-state index contributed by atoms with van der Waals surface area (Å²) in [6.07, 6.45) is 0. The molecule has 3 aromatic rings. The van der Waals surface area contributed by atoms with Gasteiger partial charge in [-0.25, -0.2) is 4.68 Å². The molecule has 4 rings (SSSR count). The monoisotopic (exact) mass is 410 g/mol. The minimum Gasteiger partial charge on any atom is -0.497 e. The van der Waals surface area contributed by atoms with Crippen LogP contribution in [0, 0.1) is 18.6 Å². The van der Waals surface area contributed by atoms with Gasteiger partial charge in [0.15, 0.2) is 0 Å². The molecule has 0 unspecified atom stereocenters. The molecule has 0 amide bonds. The van der Waals surface area contributed by atoms with Crippen molar-refractivity contribution in [2.24, 2.45) is 0 Å². The van der Waals surface area contributed by atoms with Crippen molar-refractivity contribution in [2.75, 3.05) is 38.2 Å². The standard InChI is InChI=1S/C21H26N6OS/c1-16-5-4-6-20(17(16)2)27-21(29)26(22-23-27)15-24-11-13-25(14-12-24)18-7-9-19(28-3)10-8-18/h4-10H,11-15H2,1-3H3. The van der Waals surface area contributed by atoms with Gasteiger partial charge in [-0.05, 0) is 78.0 Å². The summed E-state index contributed by atoms with van der Waals surface area (Å²) in [5.74, 6) is 0.883. The van der Waals surface area contributed by atoms with Crippen LogP contribution >= 0.6 is 12.2 Å². The maximum atomic E-state index is 5.65. The Morgan fingerprint density at radius 1 is 0.966 bits per heavy atom. The smallest absolute Gasteiger partial charge is 0.221 e. The molecule has 29 heavy (non-hydrogen) atoms. The summed E-state index contributed by atoms with van der Waals surface area (Å²) in [7, 11) is 1.69. The fourth-order valence-corrected chi connectivity index (χ4v) is 3.84. The van der Waals surface area contributed by atoms with Gasteiger partial charge in [-0.3, -0.25) is 4.90 Å². The van der Waals surface area contributed by atoms with Crippen molar-refractivity contribution < 1.29 is 4.74 Å². The molecule has 152 valence electrons. The highest BCUT2D eigenvalue weighted by Crippen LogP contribution is 2.21. The number of benzene rings is 2. The van der Waals surface area contributed by atoms with E-state index in [9.17, 15) is 0 Å². The van der Waals surface area contributed by atoms with E-state index in [4.69, 9.17) is 17.0 Å². The zero-order valence-corrected chi connectivity index (χ0v) is 17.9. The minimum absolute atomic E-state index is 0.622. The second kappa shape index (κ2) is 8.34. The third-order valence-corrected chi connectivity index (χ3v) is 5.97. The number of piperazine rings is 1. The number of aryl methyl sites for hydroxylation is 1. The Morgan fingerprint density at radius 2 is 1.69 bits per heavy atom. The van der Waals surface area contributed by atoms with Crippen molar-refractivity contribution in [2.45, 2.75) is 20.5 Å². The molecule has 0 saturated carbocycles. The zero-order chi connectivity index (χ0) is 20.4. The van der Waals surface area contributed by atoms with Crippen molar-refractivity contribution in [1.82, 2.24) is 24.7 Å². The number of aromatic nitrogens is 4. The number of nitrogens with zero attached hydrogens (tertiary/aromatic N) is 6. The van der Waals surface area contributed by atoms with Crippen LogP contribution in [-0.2, 0) is 6.67 Å². The van der Waals surface area contributed by atoms with Crippen LogP contribution in [0.15, 0.2) is 42.5 Å². The number of methoxy groups -OCH3 is 1. The first-order chi connectivity index (χ1) is 14.1. The molecule has 0 atom stereocenters. The third kappa shape index (κ3) is 4.04. The highest BCUT2D eigenvalue weighted by atomic mass is 32.1. The van der Waals surface area contributed by atoms with Crippen LogP contribution in [0.3, 0.4) is 0 Å². The lowest BCUT2D eigenvalue weighted by molar-refractivity contribution is 0.193. The molecule has 7 nitrogen and oxygen atoms in total. The summed E-state index contributed by atoms with van der Waals surface area (Å²) < 4.78 is 9.43. The maximum Gasteiger partial charge on any atom is 0.221 e. The first-order valence-corrected chi connectivity index (χ1v) is 10.2. The van der Waals surface area contributed by atoms with Gasteiger partial charge in [0.05, 0.1) is 19.5 Å². The highest BCUT2D eigenvalue weighted by molar-refractivity contribution is 7.71. The van der Waals surface area contributed by atoms with Crippen molar-refractivity contribution in [3.05, 3.63) is 58.4 Å². The van der Waals surface area contributed by atoms with Crippen molar-refractivity contribution in [3.8, 4) is 11.4 Å². The van der Waals surface area contributed by atoms with E-state index in [1.807, 2.05) is 24.3 Å². The Hall–Kier alpha value is -2.71. The van der Waals surface area contributed by atoms with E-state index < -0.39 is 0 Å². The average molecular weight is 411 g/mol. The van der Waals surface area contributed by atoms with E-state index in [1.54, 1.807) is 16.5 Å². The van der Waals surface area contributed by atoms with Gasteiger partial charge >= 0.3 is 0 Å². The van der Waals surface area contributed by atoms with Crippen LogP contribution in [0.4, 0.5) is 5.69 Å². The molecular formula is C21H26N6OS. The molecule has 0 spiro atoms. The number of anilines is 1. The molecule has 0 bridgehead atoms. The Bertz CT molecular complexity index is 1030. The molecule has 2 heterocycles. The lowest BCUT2D eigenvalue weighted by Crippen LogP contribution is -2.47. The third-order valence-electron chi connectivity index (χ3n) is 5.59. The van der Waals surface area contributed by atoms with Gasteiger partial charge in [-0.1, -0.05) is 12.1 Å². The number of rotatable bonds is 5. The van der Waals surface area contributed by atoms with Crippen LogP contribution in [-0.4, -0.2) is 58.0 Å². The highest BCUT2D eigenvalue weighted by Gasteiger charge is 2.19. The second-order valence-electron chi connectivity index (χ2n) is 7.34. The summed E-state index contributed by atoms with van der Waals surface area (Å²) in [6.45, 7) is 8.66. The summed E-state index contributed by atoms with van der Waals surface area (Å²) >= 11 is 5.65.